The zero-order valence-corrected chi connectivity index (χ0v) is 11.8. The highest BCUT2D eigenvalue weighted by Gasteiger charge is 2.53. The Bertz CT molecular complexity index is 576. The molecule has 0 radical (unpaired) electrons. The van der Waals surface area contributed by atoms with Crippen molar-refractivity contribution in [1.82, 2.24) is 10.2 Å². The molecule has 1 saturated heterocycles. The third-order valence-electron chi connectivity index (χ3n) is 4.45. The van der Waals surface area contributed by atoms with E-state index >= 15 is 0 Å². The lowest BCUT2D eigenvalue weighted by Crippen LogP contribution is -2.63. The SMILES string of the molecule is O=C1NC(=O)C2(CCCCC2)C(=O)N1Cc1ccccc1. The van der Waals surface area contributed by atoms with Crippen LogP contribution in [0.3, 0.4) is 0 Å². The number of amides is 4. The molecule has 5 heteroatoms. The molecule has 110 valence electrons. The molecule has 5 nitrogen and oxygen atoms in total. The van der Waals surface area contributed by atoms with Gasteiger partial charge in [-0.05, 0) is 18.4 Å². The van der Waals surface area contributed by atoms with Crippen molar-refractivity contribution in [2.45, 2.75) is 38.6 Å². The Morgan fingerprint density at radius 3 is 2.33 bits per heavy atom. The van der Waals surface area contributed by atoms with E-state index in [1.54, 1.807) is 0 Å². The number of imide groups is 2. The van der Waals surface area contributed by atoms with Crippen LogP contribution in [0.1, 0.15) is 37.7 Å². The van der Waals surface area contributed by atoms with Crippen molar-refractivity contribution >= 4 is 17.8 Å². The van der Waals surface area contributed by atoms with Crippen molar-refractivity contribution < 1.29 is 14.4 Å². The maximum atomic E-state index is 12.8. The van der Waals surface area contributed by atoms with Gasteiger partial charge >= 0.3 is 6.03 Å². The minimum absolute atomic E-state index is 0.209. The van der Waals surface area contributed by atoms with Crippen LogP contribution in [0.5, 0.6) is 0 Å². The number of barbiturate groups is 1. The van der Waals surface area contributed by atoms with Crippen LogP contribution in [0.4, 0.5) is 4.79 Å². The fourth-order valence-electron chi connectivity index (χ4n) is 3.24. The van der Waals surface area contributed by atoms with E-state index in [4.69, 9.17) is 0 Å². The number of benzene rings is 1. The quantitative estimate of drug-likeness (QED) is 0.848. The maximum Gasteiger partial charge on any atom is 0.331 e. The van der Waals surface area contributed by atoms with Crippen molar-refractivity contribution in [3.8, 4) is 0 Å². The molecule has 1 spiro atoms. The molecule has 21 heavy (non-hydrogen) atoms. The molecule has 0 bridgehead atoms. The van der Waals surface area contributed by atoms with Crippen LogP contribution in [0.2, 0.25) is 0 Å². The molecule has 1 aliphatic heterocycles. The fourth-order valence-corrected chi connectivity index (χ4v) is 3.24. The summed E-state index contributed by atoms with van der Waals surface area (Å²) in [6, 6.07) is 8.74. The molecule has 0 atom stereocenters. The third kappa shape index (κ3) is 2.33. The Balaban J connectivity index is 1.88. The van der Waals surface area contributed by atoms with E-state index in [9.17, 15) is 14.4 Å². The van der Waals surface area contributed by atoms with Gasteiger partial charge in [-0.15, -0.1) is 0 Å². The molecule has 3 rings (SSSR count). The highest BCUT2D eigenvalue weighted by Crippen LogP contribution is 2.40. The van der Waals surface area contributed by atoms with Gasteiger partial charge in [-0.2, -0.15) is 0 Å². The molecule has 1 aromatic carbocycles. The van der Waals surface area contributed by atoms with E-state index in [0.717, 1.165) is 24.8 Å². The van der Waals surface area contributed by atoms with Crippen LogP contribution in [-0.2, 0) is 16.1 Å². The van der Waals surface area contributed by atoms with E-state index in [2.05, 4.69) is 5.32 Å². The van der Waals surface area contributed by atoms with Crippen molar-refractivity contribution in [1.29, 1.82) is 0 Å². The summed E-state index contributed by atoms with van der Waals surface area (Å²) in [5.41, 5.74) is -0.151. The molecule has 1 heterocycles. The summed E-state index contributed by atoms with van der Waals surface area (Å²) < 4.78 is 0. The molecule has 1 N–H and O–H groups in total. The van der Waals surface area contributed by atoms with Crippen LogP contribution in [0.15, 0.2) is 30.3 Å². The van der Waals surface area contributed by atoms with Crippen molar-refractivity contribution in [3.63, 3.8) is 0 Å². The van der Waals surface area contributed by atoms with E-state index in [-0.39, 0.29) is 12.5 Å². The smallest absolute Gasteiger partial charge is 0.277 e. The van der Waals surface area contributed by atoms with Crippen LogP contribution in [0, 0.1) is 5.41 Å². The van der Waals surface area contributed by atoms with Gasteiger partial charge in [0, 0.05) is 0 Å². The lowest BCUT2D eigenvalue weighted by Gasteiger charge is -2.41. The summed E-state index contributed by atoms with van der Waals surface area (Å²) in [6.07, 6.45) is 3.82. The number of carbonyl (C=O) groups is 3. The average molecular weight is 286 g/mol. The Labute approximate surface area is 123 Å². The van der Waals surface area contributed by atoms with Crippen LogP contribution in [-0.4, -0.2) is 22.7 Å². The average Bonchev–Trinajstić information content (AvgIpc) is 2.52. The van der Waals surface area contributed by atoms with Crippen molar-refractivity contribution in [2.75, 3.05) is 0 Å². The van der Waals surface area contributed by atoms with Gasteiger partial charge in [0.2, 0.25) is 11.8 Å². The van der Waals surface area contributed by atoms with Crippen molar-refractivity contribution in [2.24, 2.45) is 5.41 Å². The first-order valence-electron chi connectivity index (χ1n) is 7.35. The first kappa shape index (κ1) is 13.8. The van der Waals surface area contributed by atoms with Crippen LogP contribution < -0.4 is 5.32 Å². The molecule has 2 aliphatic rings. The van der Waals surface area contributed by atoms with Crippen molar-refractivity contribution in [3.05, 3.63) is 35.9 Å². The minimum atomic E-state index is -1.03. The van der Waals surface area contributed by atoms with Gasteiger partial charge in [0.15, 0.2) is 0 Å². The normalized spacial score (nSPS) is 21.5. The number of carbonyl (C=O) groups excluding carboxylic acids is 3. The van der Waals surface area contributed by atoms with Gasteiger partial charge in [-0.3, -0.25) is 19.8 Å². The van der Waals surface area contributed by atoms with E-state index in [1.165, 1.54) is 4.90 Å². The Hall–Kier alpha value is -2.17. The van der Waals surface area contributed by atoms with Gasteiger partial charge in [-0.25, -0.2) is 4.79 Å². The second-order valence-corrected chi connectivity index (χ2v) is 5.78. The van der Waals surface area contributed by atoms with E-state index < -0.39 is 17.4 Å². The second-order valence-electron chi connectivity index (χ2n) is 5.78. The standard InChI is InChI=1S/C16H18N2O3/c19-13-16(9-5-2-6-10-16)14(20)18(15(21)17-13)11-12-7-3-1-4-8-12/h1,3-4,7-8H,2,5-6,9-11H2,(H,17,19,21). The molecular formula is C16H18N2O3. The van der Waals surface area contributed by atoms with E-state index in [1.807, 2.05) is 30.3 Å². The molecule has 1 saturated carbocycles. The molecule has 2 fully saturated rings. The third-order valence-corrected chi connectivity index (χ3v) is 4.45. The number of nitrogens with one attached hydrogen (secondary N) is 1. The number of hydrogen-bond donors (Lipinski definition) is 1. The number of nitrogens with zero attached hydrogens (tertiary/aromatic N) is 1. The molecule has 0 unspecified atom stereocenters. The zero-order valence-electron chi connectivity index (χ0n) is 11.8. The lowest BCUT2D eigenvalue weighted by atomic mass is 9.71. The number of rotatable bonds is 2. The molecule has 0 aromatic heterocycles. The molecule has 1 aliphatic carbocycles. The first-order valence-corrected chi connectivity index (χ1v) is 7.35. The van der Waals surface area contributed by atoms with Gasteiger partial charge in [0.25, 0.3) is 0 Å². The summed E-state index contributed by atoms with van der Waals surface area (Å²) in [6.45, 7) is 0.209. The Kier molecular flexibility index (Phi) is 3.49. The fraction of sp³-hybridized carbons (Fsp3) is 0.438. The highest BCUT2D eigenvalue weighted by molar-refractivity contribution is 6.19. The zero-order chi connectivity index (χ0) is 14.9. The molecule has 1 aromatic rings. The minimum Gasteiger partial charge on any atom is -0.277 e. The van der Waals surface area contributed by atoms with Gasteiger partial charge in [0.05, 0.1) is 6.54 Å². The Morgan fingerprint density at radius 2 is 1.67 bits per heavy atom. The summed E-state index contributed by atoms with van der Waals surface area (Å²) in [5, 5.41) is 2.37. The van der Waals surface area contributed by atoms with Gasteiger partial charge in [0.1, 0.15) is 5.41 Å². The van der Waals surface area contributed by atoms with Gasteiger partial charge < -0.3 is 0 Å². The molecule has 4 amide bonds. The number of urea groups is 1. The van der Waals surface area contributed by atoms with Crippen LogP contribution in [0.25, 0.3) is 0 Å². The highest BCUT2D eigenvalue weighted by atomic mass is 16.2. The van der Waals surface area contributed by atoms with E-state index in [0.29, 0.717) is 12.8 Å². The predicted octanol–water partition coefficient (Wildman–Crippen LogP) is 2.22. The molecular weight excluding hydrogens is 268 g/mol. The Morgan fingerprint density at radius 1 is 1.00 bits per heavy atom. The maximum absolute atomic E-state index is 12.8. The number of hydrogen-bond acceptors (Lipinski definition) is 3. The van der Waals surface area contributed by atoms with Crippen LogP contribution >= 0.6 is 0 Å². The van der Waals surface area contributed by atoms with Gasteiger partial charge in [-0.1, -0.05) is 49.6 Å². The topological polar surface area (TPSA) is 66.5 Å². The first-order chi connectivity index (χ1) is 10.1. The second kappa shape index (κ2) is 5.31. The summed E-state index contributed by atoms with van der Waals surface area (Å²) in [5.74, 6) is -0.749. The summed E-state index contributed by atoms with van der Waals surface area (Å²) >= 11 is 0. The predicted molar refractivity (Wildman–Crippen MR) is 76.0 cm³/mol. The summed E-state index contributed by atoms with van der Waals surface area (Å²) in [7, 11) is 0. The summed E-state index contributed by atoms with van der Waals surface area (Å²) in [4.78, 5) is 38.2. The monoisotopic (exact) mass is 286 g/mol. The largest absolute Gasteiger partial charge is 0.331 e. The lowest BCUT2D eigenvalue weighted by molar-refractivity contribution is -0.154.